The molecule has 0 fully saturated rings. The standard InChI is InChI=1S/C13H18BrNO2/c1-3-4-9-15-13(16)10(2)17-12-7-5-11(14)6-8-12/h5-8,10H,3-4,9H2,1-2H3,(H,15,16). The molecule has 0 radical (unpaired) electrons. The number of unbranched alkanes of at least 4 members (excludes halogenated alkanes) is 1. The van der Waals surface area contributed by atoms with Crippen molar-refractivity contribution in [2.24, 2.45) is 0 Å². The summed E-state index contributed by atoms with van der Waals surface area (Å²) in [5.74, 6) is 0.632. The Hall–Kier alpha value is -1.03. The largest absolute Gasteiger partial charge is 0.481 e. The lowest BCUT2D eigenvalue weighted by molar-refractivity contribution is -0.127. The topological polar surface area (TPSA) is 38.3 Å². The van der Waals surface area contributed by atoms with Crippen LogP contribution in [0.15, 0.2) is 28.7 Å². The molecule has 1 amide bonds. The van der Waals surface area contributed by atoms with E-state index in [-0.39, 0.29) is 5.91 Å². The number of ether oxygens (including phenoxy) is 1. The minimum absolute atomic E-state index is 0.0682. The van der Waals surface area contributed by atoms with E-state index in [4.69, 9.17) is 4.74 Å². The Morgan fingerprint density at radius 3 is 2.65 bits per heavy atom. The lowest BCUT2D eigenvalue weighted by Crippen LogP contribution is -2.36. The number of carbonyl (C=O) groups is 1. The lowest BCUT2D eigenvalue weighted by Gasteiger charge is -2.14. The number of rotatable bonds is 6. The zero-order valence-corrected chi connectivity index (χ0v) is 11.8. The Kier molecular flexibility index (Phi) is 6.05. The number of amides is 1. The van der Waals surface area contributed by atoms with Gasteiger partial charge in [-0.15, -0.1) is 0 Å². The number of benzene rings is 1. The second-order valence-corrected chi connectivity index (χ2v) is 4.77. The predicted octanol–water partition coefficient (Wildman–Crippen LogP) is 3.13. The highest BCUT2D eigenvalue weighted by Gasteiger charge is 2.13. The molecular formula is C13H18BrNO2. The smallest absolute Gasteiger partial charge is 0.260 e. The van der Waals surface area contributed by atoms with Crippen molar-refractivity contribution in [2.75, 3.05) is 6.54 Å². The van der Waals surface area contributed by atoms with Gasteiger partial charge < -0.3 is 10.1 Å². The summed E-state index contributed by atoms with van der Waals surface area (Å²) in [6, 6.07) is 7.44. The van der Waals surface area contributed by atoms with Gasteiger partial charge in [-0.1, -0.05) is 29.3 Å². The summed E-state index contributed by atoms with van der Waals surface area (Å²) in [7, 11) is 0. The third-order valence-corrected chi connectivity index (χ3v) is 2.85. The summed E-state index contributed by atoms with van der Waals surface area (Å²) < 4.78 is 6.52. The molecule has 0 aliphatic carbocycles. The molecule has 4 heteroatoms. The highest BCUT2D eigenvalue weighted by Crippen LogP contribution is 2.17. The molecule has 1 atom stereocenters. The van der Waals surface area contributed by atoms with E-state index in [2.05, 4.69) is 28.2 Å². The molecule has 0 bridgehead atoms. The van der Waals surface area contributed by atoms with E-state index in [0.717, 1.165) is 17.3 Å². The van der Waals surface area contributed by atoms with Crippen LogP contribution < -0.4 is 10.1 Å². The van der Waals surface area contributed by atoms with Crippen molar-refractivity contribution in [3.8, 4) is 5.75 Å². The Morgan fingerprint density at radius 1 is 1.41 bits per heavy atom. The molecule has 1 aromatic carbocycles. The van der Waals surface area contributed by atoms with Crippen LogP contribution in [0.2, 0.25) is 0 Å². The third kappa shape index (κ3) is 5.22. The molecule has 1 N–H and O–H groups in total. The highest BCUT2D eigenvalue weighted by atomic mass is 79.9. The quantitative estimate of drug-likeness (QED) is 0.820. The molecular weight excluding hydrogens is 282 g/mol. The van der Waals surface area contributed by atoms with Gasteiger partial charge in [0.15, 0.2) is 6.10 Å². The van der Waals surface area contributed by atoms with Crippen LogP contribution >= 0.6 is 15.9 Å². The minimum Gasteiger partial charge on any atom is -0.481 e. The van der Waals surface area contributed by atoms with Crippen molar-refractivity contribution in [1.82, 2.24) is 5.32 Å². The molecule has 17 heavy (non-hydrogen) atoms. The van der Waals surface area contributed by atoms with Crippen LogP contribution in [0.4, 0.5) is 0 Å². The molecule has 1 unspecified atom stereocenters. The second-order valence-electron chi connectivity index (χ2n) is 3.86. The van der Waals surface area contributed by atoms with E-state index in [1.54, 1.807) is 6.92 Å². The Bertz CT molecular complexity index is 351. The number of nitrogens with one attached hydrogen (secondary N) is 1. The second kappa shape index (κ2) is 7.33. The third-order valence-electron chi connectivity index (χ3n) is 2.33. The van der Waals surface area contributed by atoms with Gasteiger partial charge in [0, 0.05) is 11.0 Å². The van der Waals surface area contributed by atoms with Gasteiger partial charge in [-0.2, -0.15) is 0 Å². The molecule has 1 rings (SSSR count). The van der Waals surface area contributed by atoms with Gasteiger partial charge in [0.2, 0.25) is 0 Å². The van der Waals surface area contributed by atoms with Gasteiger partial charge in [0.1, 0.15) is 5.75 Å². The molecule has 0 saturated carbocycles. The fraction of sp³-hybridized carbons (Fsp3) is 0.462. The zero-order valence-electron chi connectivity index (χ0n) is 10.2. The SMILES string of the molecule is CCCCNC(=O)C(C)Oc1ccc(Br)cc1. The van der Waals surface area contributed by atoms with Crippen LogP contribution in [0.25, 0.3) is 0 Å². The average Bonchev–Trinajstić information content (AvgIpc) is 2.32. The van der Waals surface area contributed by atoms with Crippen molar-refractivity contribution in [1.29, 1.82) is 0 Å². The molecule has 0 saturated heterocycles. The number of halogens is 1. The van der Waals surface area contributed by atoms with E-state index in [1.165, 1.54) is 0 Å². The normalized spacial score (nSPS) is 11.9. The van der Waals surface area contributed by atoms with E-state index in [9.17, 15) is 4.79 Å². The summed E-state index contributed by atoms with van der Waals surface area (Å²) >= 11 is 3.35. The van der Waals surface area contributed by atoms with Crippen molar-refractivity contribution in [2.45, 2.75) is 32.8 Å². The van der Waals surface area contributed by atoms with Gasteiger partial charge in [-0.25, -0.2) is 0 Å². The van der Waals surface area contributed by atoms with Gasteiger partial charge >= 0.3 is 0 Å². The van der Waals surface area contributed by atoms with Gasteiger partial charge in [0.25, 0.3) is 5.91 Å². The van der Waals surface area contributed by atoms with Gasteiger partial charge in [0.05, 0.1) is 0 Å². The van der Waals surface area contributed by atoms with Crippen molar-refractivity contribution in [3.63, 3.8) is 0 Å². The maximum Gasteiger partial charge on any atom is 0.260 e. The fourth-order valence-electron chi connectivity index (χ4n) is 1.30. The fourth-order valence-corrected chi connectivity index (χ4v) is 1.57. The molecule has 0 spiro atoms. The van der Waals surface area contributed by atoms with E-state index in [1.807, 2.05) is 24.3 Å². The van der Waals surface area contributed by atoms with Crippen LogP contribution in [-0.4, -0.2) is 18.6 Å². The first kappa shape index (κ1) is 14.0. The van der Waals surface area contributed by atoms with Crippen LogP contribution in [0, 0.1) is 0 Å². The summed E-state index contributed by atoms with van der Waals surface area (Å²) in [6.07, 6.45) is 1.60. The zero-order chi connectivity index (χ0) is 12.7. The number of carbonyl (C=O) groups excluding carboxylic acids is 1. The Labute approximate surface area is 111 Å². The van der Waals surface area contributed by atoms with E-state index < -0.39 is 6.10 Å². The van der Waals surface area contributed by atoms with Gasteiger partial charge in [-0.05, 0) is 37.6 Å². The molecule has 0 aromatic heterocycles. The van der Waals surface area contributed by atoms with Crippen LogP contribution in [0.3, 0.4) is 0 Å². The van der Waals surface area contributed by atoms with Crippen molar-refractivity contribution < 1.29 is 9.53 Å². The van der Waals surface area contributed by atoms with Crippen LogP contribution in [0.1, 0.15) is 26.7 Å². The molecule has 1 aromatic rings. The Balaban J connectivity index is 2.40. The molecule has 0 aliphatic rings. The average molecular weight is 300 g/mol. The summed E-state index contributed by atoms with van der Waals surface area (Å²) in [5.41, 5.74) is 0. The van der Waals surface area contributed by atoms with E-state index in [0.29, 0.717) is 12.3 Å². The predicted molar refractivity (Wildman–Crippen MR) is 72.1 cm³/mol. The molecule has 3 nitrogen and oxygen atoms in total. The minimum atomic E-state index is -0.465. The van der Waals surface area contributed by atoms with Gasteiger partial charge in [-0.3, -0.25) is 4.79 Å². The van der Waals surface area contributed by atoms with Crippen molar-refractivity contribution in [3.05, 3.63) is 28.7 Å². The number of hydrogen-bond donors (Lipinski definition) is 1. The molecule has 0 heterocycles. The first-order valence-corrected chi connectivity index (χ1v) is 6.62. The first-order valence-electron chi connectivity index (χ1n) is 5.83. The maximum absolute atomic E-state index is 11.6. The maximum atomic E-state index is 11.6. The Morgan fingerprint density at radius 2 is 2.06 bits per heavy atom. The lowest BCUT2D eigenvalue weighted by atomic mass is 10.3. The summed E-state index contributed by atoms with van der Waals surface area (Å²) in [4.78, 5) is 11.6. The molecule has 0 aliphatic heterocycles. The van der Waals surface area contributed by atoms with Crippen molar-refractivity contribution >= 4 is 21.8 Å². The van der Waals surface area contributed by atoms with E-state index >= 15 is 0 Å². The monoisotopic (exact) mass is 299 g/mol. The van der Waals surface area contributed by atoms with Crippen LogP contribution in [-0.2, 0) is 4.79 Å². The van der Waals surface area contributed by atoms with Crippen LogP contribution in [0.5, 0.6) is 5.75 Å². The summed E-state index contributed by atoms with van der Waals surface area (Å²) in [6.45, 7) is 4.56. The number of hydrogen-bond acceptors (Lipinski definition) is 2. The highest BCUT2D eigenvalue weighted by molar-refractivity contribution is 9.10. The first-order chi connectivity index (χ1) is 8.13. The summed E-state index contributed by atoms with van der Waals surface area (Å²) in [5, 5.41) is 2.84. The molecule has 94 valence electrons.